The predicted molar refractivity (Wildman–Crippen MR) is 93.2 cm³/mol. The van der Waals surface area contributed by atoms with Gasteiger partial charge in [0.05, 0.1) is 11.8 Å². The Balaban J connectivity index is 1.77. The number of carboxylic acids is 1. The molecule has 3 rings (SSSR count). The minimum atomic E-state index is -0.917. The number of nitrogens with zero attached hydrogens (tertiary/aromatic N) is 1. The Morgan fingerprint density at radius 2 is 1.76 bits per heavy atom. The number of nitrogens with one attached hydrogen (secondary N) is 1. The van der Waals surface area contributed by atoms with Gasteiger partial charge in [0.25, 0.3) is 5.91 Å². The van der Waals surface area contributed by atoms with Gasteiger partial charge in [-0.05, 0) is 48.9 Å². The number of amides is 2. The number of carbonyl (C=O) groups excluding carboxylic acids is 2. The SMILES string of the molecule is Cc1cc(NC(=O)C2C3C=CC(C3)C2C(=O)O)ccc1C(=O)N(C)C. The zero-order valence-corrected chi connectivity index (χ0v) is 14.5. The molecule has 1 aromatic rings. The summed E-state index contributed by atoms with van der Waals surface area (Å²) in [5.41, 5.74) is 1.92. The van der Waals surface area contributed by atoms with Gasteiger partial charge in [-0.1, -0.05) is 12.2 Å². The van der Waals surface area contributed by atoms with Crippen molar-refractivity contribution in [3.05, 3.63) is 41.5 Å². The van der Waals surface area contributed by atoms with Crippen molar-refractivity contribution in [3.63, 3.8) is 0 Å². The summed E-state index contributed by atoms with van der Waals surface area (Å²) in [7, 11) is 3.37. The third-order valence-corrected chi connectivity index (χ3v) is 5.18. The molecule has 2 amide bonds. The Kier molecular flexibility index (Phi) is 4.37. The first-order valence-electron chi connectivity index (χ1n) is 8.34. The van der Waals surface area contributed by atoms with E-state index in [9.17, 15) is 19.5 Å². The van der Waals surface area contributed by atoms with Gasteiger partial charge in [0.15, 0.2) is 0 Å². The van der Waals surface area contributed by atoms with Gasteiger partial charge >= 0.3 is 5.97 Å². The highest BCUT2D eigenvalue weighted by Crippen LogP contribution is 2.48. The number of aliphatic carboxylic acids is 1. The fraction of sp³-hybridized carbons (Fsp3) is 0.421. The molecule has 0 aliphatic heterocycles. The molecule has 132 valence electrons. The van der Waals surface area contributed by atoms with Crippen molar-refractivity contribution < 1.29 is 19.5 Å². The molecule has 0 aromatic heterocycles. The molecule has 0 saturated heterocycles. The minimum absolute atomic E-state index is 0.0122. The van der Waals surface area contributed by atoms with Crippen LogP contribution in [0.25, 0.3) is 0 Å². The number of rotatable bonds is 4. The Hall–Kier alpha value is -2.63. The van der Waals surface area contributed by atoms with E-state index in [1.54, 1.807) is 32.3 Å². The van der Waals surface area contributed by atoms with Gasteiger partial charge in [-0.3, -0.25) is 14.4 Å². The van der Waals surface area contributed by atoms with Crippen LogP contribution in [0.2, 0.25) is 0 Å². The van der Waals surface area contributed by atoms with E-state index in [2.05, 4.69) is 5.32 Å². The third kappa shape index (κ3) is 3.04. The number of anilines is 1. The molecule has 0 heterocycles. The summed E-state index contributed by atoms with van der Waals surface area (Å²) in [6.07, 6.45) is 4.60. The van der Waals surface area contributed by atoms with Crippen molar-refractivity contribution in [1.82, 2.24) is 4.90 Å². The lowest BCUT2D eigenvalue weighted by molar-refractivity contribution is -0.146. The molecule has 4 atom stereocenters. The van der Waals surface area contributed by atoms with Gasteiger partial charge in [-0.2, -0.15) is 0 Å². The van der Waals surface area contributed by atoms with Gasteiger partial charge in [0.1, 0.15) is 0 Å². The lowest BCUT2D eigenvalue weighted by Crippen LogP contribution is -2.36. The maximum atomic E-state index is 12.7. The Morgan fingerprint density at radius 3 is 2.32 bits per heavy atom. The highest BCUT2D eigenvalue weighted by Gasteiger charge is 2.51. The van der Waals surface area contributed by atoms with Gasteiger partial charge < -0.3 is 15.3 Å². The molecule has 1 fully saturated rings. The second kappa shape index (κ2) is 6.35. The van der Waals surface area contributed by atoms with Crippen LogP contribution in [0.4, 0.5) is 5.69 Å². The van der Waals surface area contributed by atoms with E-state index in [0.717, 1.165) is 12.0 Å². The second-order valence-corrected chi connectivity index (χ2v) is 7.06. The van der Waals surface area contributed by atoms with E-state index in [0.29, 0.717) is 11.3 Å². The molecule has 2 aliphatic rings. The summed E-state index contributed by atoms with van der Waals surface area (Å²) in [5.74, 6) is -2.56. The molecular weight excluding hydrogens is 320 g/mol. The summed E-state index contributed by atoms with van der Waals surface area (Å²) in [4.78, 5) is 37.8. The fourth-order valence-electron chi connectivity index (χ4n) is 3.96. The molecular formula is C19H22N2O4. The molecule has 1 saturated carbocycles. The highest BCUT2D eigenvalue weighted by molar-refractivity contribution is 5.98. The fourth-order valence-corrected chi connectivity index (χ4v) is 3.96. The number of carboxylic acid groups (broad SMARTS) is 1. The predicted octanol–water partition coefficient (Wildman–Crippen LogP) is 2.16. The van der Waals surface area contributed by atoms with E-state index in [1.165, 1.54) is 4.90 Å². The van der Waals surface area contributed by atoms with Crippen molar-refractivity contribution >= 4 is 23.5 Å². The van der Waals surface area contributed by atoms with E-state index < -0.39 is 17.8 Å². The average molecular weight is 342 g/mol. The normalized spacial score (nSPS) is 26.5. The van der Waals surface area contributed by atoms with Crippen LogP contribution in [0.15, 0.2) is 30.4 Å². The summed E-state index contributed by atoms with van der Waals surface area (Å²) in [6, 6.07) is 5.11. The van der Waals surface area contributed by atoms with Crippen molar-refractivity contribution in [2.24, 2.45) is 23.7 Å². The molecule has 2 bridgehead atoms. The maximum Gasteiger partial charge on any atom is 0.307 e. The number of hydrogen-bond donors (Lipinski definition) is 2. The van der Waals surface area contributed by atoms with Gasteiger partial charge in [-0.15, -0.1) is 0 Å². The number of fused-ring (bicyclic) bond motifs is 2. The van der Waals surface area contributed by atoms with Crippen molar-refractivity contribution in [2.75, 3.05) is 19.4 Å². The number of benzene rings is 1. The second-order valence-electron chi connectivity index (χ2n) is 7.06. The zero-order chi connectivity index (χ0) is 18.3. The minimum Gasteiger partial charge on any atom is -0.481 e. The quantitative estimate of drug-likeness (QED) is 0.821. The number of allylic oxidation sites excluding steroid dienone is 2. The average Bonchev–Trinajstić information content (AvgIpc) is 3.15. The summed E-state index contributed by atoms with van der Waals surface area (Å²) < 4.78 is 0. The zero-order valence-electron chi connectivity index (χ0n) is 14.5. The van der Waals surface area contributed by atoms with Crippen LogP contribution in [0.5, 0.6) is 0 Å². The summed E-state index contributed by atoms with van der Waals surface area (Å²) >= 11 is 0. The summed E-state index contributed by atoms with van der Waals surface area (Å²) in [6.45, 7) is 1.81. The molecule has 6 nitrogen and oxygen atoms in total. The molecule has 25 heavy (non-hydrogen) atoms. The molecule has 2 N–H and O–H groups in total. The summed E-state index contributed by atoms with van der Waals surface area (Å²) in [5, 5.41) is 12.3. The van der Waals surface area contributed by atoms with Crippen LogP contribution in [0, 0.1) is 30.6 Å². The van der Waals surface area contributed by atoms with Crippen LogP contribution >= 0.6 is 0 Å². The van der Waals surface area contributed by atoms with Crippen molar-refractivity contribution in [3.8, 4) is 0 Å². The first kappa shape index (κ1) is 17.2. The Morgan fingerprint density at radius 1 is 1.12 bits per heavy atom. The third-order valence-electron chi connectivity index (χ3n) is 5.18. The van der Waals surface area contributed by atoms with Crippen LogP contribution < -0.4 is 5.32 Å². The molecule has 2 aliphatic carbocycles. The molecule has 6 heteroatoms. The molecule has 1 aromatic carbocycles. The topological polar surface area (TPSA) is 86.7 Å². The first-order chi connectivity index (χ1) is 11.8. The van der Waals surface area contributed by atoms with E-state index in [1.807, 2.05) is 19.1 Å². The Bertz CT molecular complexity index is 769. The molecule has 4 unspecified atom stereocenters. The van der Waals surface area contributed by atoms with Gasteiger partial charge in [-0.25, -0.2) is 0 Å². The van der Waals surface area contributed by atoms with E-state index in [4.69, 9.17) is 0 Å². The lowest BCUT2D eigenvalue weighted by atomic mass is 9.82. The molecule has 0 spiro atoms. The lowest BCUT2D eigenvalue weighted by Gasteiger charge is -2.24. The largest absolute Gasteiger partial charge is 0.481 e. The van der Waals surface area contributed by atoms with Crippen LogP contribution in [0.1, 0.15) is 22.3 Å². The molecule has 0 radical (unpaired) electrons. The van der Waals surface area contributed by atoms with Crippen LogP contribution in [0.3, 0.4) is 0 Å². The van der Waals surface area contributed by atoms with Gasteiger partial charge in [0, 0.05) is 25.3 Å². The number of carbonyl (C=O) groups is 3. The first-order valence-corrected chi connectivity index (χ1v) is 8.34. The number of aryl methyl sites for hydroxylation is 1. The van der Waals surface area contributed by atoms with Crippen LogP contribution in [-0.2, 0) is 9.59 Å². The van der Waals surface area contributed by atoms with E-state index >= 15 is 0 Å². The highest BCUT2D eigenvalue weighted by atomic mass is 16.4. The van der Waals surface area contributed by atoms with Crippen molar-refractivity contribution in [2.45, 2.75) is 13.3 Å². The van der Waals surface area contributed by atoms with Gasteiger partial charge in [0.2, 0.25) is 5.91 Å². The standard InChI is InChI=1S/C19H22N2O4/c1-10-8-13(6-7-14(10)18(23)21(2)3)20-17(22)15-11-4-5-12(9-11)16(15)19(24)25/h4-8,11-12,15-16H,9H2,1-3H3,(H,20,22)(H,24,25). The monoisotopic (exact) mass is 342 g/mol. The maximum absolute atomic E-state index is 12.7. The van der Waals surface area contributed by atoms with Crippen molar-refractivity contribution in [1.29, 1.82) is 0 Å². The Labute approximate surface area is 146 Å². The smallest absolute Gasteiger partial charge is 0.307 e. The van der Waals surface area contributed by atoms with E-state index in [-0.39, 0.29) is 23.7 Å². The van der Waals surface area contributed by atoms with Crippen LogP contribution in [-0.4, -0.2) is 41.9 Å². The number of hydrogen-bond acceptors (Lipinski definition) is 3.